The molecule has 2 amide bonds. The fourth-order valence-corrected chi connectivity index (χ4v) is 3.29. The van der Waals surface area contributed by atoms with Gasteiger partial charge in [-0.2, -0.15) is 0 Å². The maximum atomic E-state index is 12.4. The number of hydrogen-bond acceptors (Lipinski definition) is 1. The Morgan fingerprint density at radius 2 is 1.96 bits per heavy atom. The second kappa shape index (κ2) is 5.80. The van der Waals surface area contributed by atoms with Crippen molar-refractivity contribution in [3.63, 3.8) is 0 Å². The lowest BCUT2D eigenvalue weighted by Gasteiger charge is -2.18. The predicted octanol–water partition coefficient (Wildman–Crippen LogP) is 3.48. The molecular weight excluding hydrogens is 286 g/mol. The van der Waals surface area contributed by atoms with E-state index < -0.39 is 0 Å². The number of carbonyl (C=O) groups is 1. The molecule has 1 aromatic heterocycles. The van der Waals surface area contributed by atoms with Crippen LogP contribution in [0.2, 0.25) is 0 Å². The first-order valence-corrected chi connectivity index (χ1v) is 8.01. The number of rotatable bonds is 3. The van der Waals surface area contributed by atoms with Gasteiger partial charge < -0.3 is 10.3 Å². The molecule has 1 aliphatic heterocycles. The number of aromatic nitrogens is 1. The van der Waals surface area contributed by atoms with Crippen LogP contribution in [0.5, 0.6) is 0 Å². The van der Waals surface area contributed by atoms with Gasteiger partial charge in [0.25, 0.3) is 0 Å². The highest BCUT2D eigenvalue weighted by atomic mass is 16.2. The highest BCUT2D eigenvalue weighted by Crippen LogP contribution is 2.27. The summed E-state index contributed by atoms with van der Waals surface area (Å²) in [6, 6.07) is 16.4. The molecule has 23 heavy (non-hydrogen) atoms. The summed E-state index contributed by atoms with van der Waals surface area (Å²) in [5.74, 6) is 0. The molecule has 0 saturated carbocycles. The fourth-order valence-electron chi connectivity index (χ4n) is 3.29. The van der Waals surface area contributed by atoms with Crippen molar-refractivity contribution in [2.75, 3.05) is 18.0 Å². The third-order valence-electron chi connectivity index (χ3n) is 4.48. The van der Waals surface area contributed by atoms with Gasteiger partial charge in [-0.15, -0.1) is 0 Å². The Bertz CT molecular complexity index is 852. The second-order valence-electron chi connectivity index (χ2n) is 5.87. The summed E-state index contributed by atoms with van der Waals surface area (Å²) in [4.78, 5) is 17.5. The largest absolute Gasteiger partial charge is 0.361 e. The van der Waals surface area contributed by atoms with Crippen molar-refractivity contribution in [2.24, 2.45) is 0 Å². The van der Waals surface area contributed by atoms with Crippen LogP contribution in [0.25, 0.3) is 10.9 Å². The molecule has 4 nitrogen and oxygen atoms in total. The highest BCUT2D eigenvalue weighted by molar-refractivity contribution is 5.94. The molecule has 116 valence electrons. The van der Waals surface area contributed by atoms with Crippen molar-refractivity contribution in [3.8, 4) is 0 Å². The highest BCUT2D eigenvalue weighted by Gasteiger charge is 2.23. The van der Waals surface area contributed by atoms with Crippen LogP contribution in [0.4, 0.5) is 10.5 Å². The Kier molecular flexibility index (Phi) is 3.50. The normalized spacial score (nSPS) is 13.3. The Balaban J connectivity index is 1.39. The van der Waals surface area contributed by atoms with E-state index >= 15 is 0 Å². The van der Waals surface area contributed by atoms with E-state index in [1.54, 1.807) is 0 Å². The van der Waals surface area contributed by atoms with Gasteiger partial charge in [0.1, 0.15) is 0 Å². The summed E-state index contributed by atoms with van der Waals surface area (Å²) in [6.45, 7) is 1.40. The summed E-state index contributed by atoms with van der Waals surface area (Å²) in [5.41, 5.74) is 4.67. The summed E-state index contributed by atoms with van der Waals surface area (Å²) >= 11 is 0. The van der Waals surface area contributed by atoms with Crippen LogP contribution in [0.15, 0.2) is 54.7 Å². The monoisotopic (exact) mass is 305 g/mol. The zero-order chi connectivity index (χ0) is 15.6. The maximum absolute atomic E-state index is 12.4. The Hall–Kier alpha value is -2.75. The SMILES string of the molecule is O=C(NCCc1c[nH]c2ccccc12)N1CCc2ccccc21. The zero-order valence-corrected chi connectivity index (χ0v) is 12.9. The average molecular weight is 305 g/mol. The van der Waals surface area contributed by atoms with E-state index in [1.165, 1.54) is 16.5 Å². The third kappa shape index (κ3) is 2.57. The molecule has 0 spiro atoms. The number of H-pyrrole nitrogens is 1. The molecule has 2 heterocycles. The van der Waals surface area contributed by atoms with Crippen LogP contribution in [0, 0.1) is 0 Å². The quantitative estimate of drug-likeness (QED) is 0.764. The summed E-state index contributed by atoms with van der Waals surface area (Å²) in [7, 11) is 0. The molecule has 4 rings (SSSR count). The molecule has 0 fully saturated rings. The zero-order valence-electron chi connectivity index (χ0n) is 12.9. The molecule has 2 aromatic carbocycles. The van der Waals surface area contributed by atoms with Gasteiger partial charge in [-0.25, -0.2) is 4.79 Å². The van der Waals surface area contributed by atoms with E-state index in [2.05, 4.69) is 28.5 Å². The minimum absolute atomic E-state index is 0.00482. The number of benzene rings is 2. The molecule has 0 saturated heterocycles. The number of urea groups is 1. The second-order valence-corrected chi connectivity index (χ2v) is 5.87. The number of nitrogens with one attached hydrogen (secondary N) is 2. The molecule has 1 aliphatic rings. The summed E-state index contributed by atoms with van der Waals surface area (Å²) < 4.78 is 0. The van der Waals surface area contributed by atoms with Crippen LogP contribution in [-0.2, 0) is 12.8 Å². The van der Waals surface area contributed by atoms with E-state index in [4.69, 9.17) is 0 Å². The van der Waals surface area contributed by atoms with Crippen LogP contribution in [0.3, 0.4) is 0 Å². The van der Waals surface area contributed by atoms with Crippen LogP contribution < -0.4 is 10.2 Å². The van der Waals surface area contributed by atoms with Gasteiger partial charge in [-0.1, -0.05) is 36.4 Å². The van der Waals surface area contributed by atoms with Crippen molar-refractivity contribution >= 4 is 22.6 Å². The van der Waals surface area contributed by atoms with Crippen molar-refractivity contribution in [1.29, 1.82) is 0 Å². The first-order valence-electron chi connectivity index (χ1n) is 8.01. The van der Waals surface area contributed by atoms with Crippen LogP contribution >= 0.6 is 0 Å². The first-order chi connectivity index (χ1) is 11.3. The van der Waals surface area contributed by atoms with Crippen LogP contribution in [-0.4, -0.2) is 24.1 Å². The fraction of sp³-hybridized carbons (Fsp3) is 0.211. The lowest BCUT2D eigenvalue weighted by Crippen LogP contribution is -2.39. The van der Waals surface area contributed by atoms with Gasteiger partial charge in [-0.3, -0.25) is 4.90 Å². The molecule has 3 aromatic rings. The molecule has 0 atom stereocenters. The number of fused-ring (bicyclic) bond motifs is 2. The molecule has 4 heteroatoms. The van der Waals surface area contributed by atoms with Gasteiger partial charge in [-0.05, 0) is 36.1 Å². The number of anilines is 1. The van der Waals surface area contributed by atoms with Gasteiger partial charge in [0, 0.05) is 35.9 Å². The Labute approximate surface area is 135 Å². The summed E-state index contributed by atoms with van der Waals surface area (Å²) in [6.07, 6.45) is 3.79. The Morgan fingerprint density at radius 3 is 2.91 bits per heavy atom. The predicted molar refractivity (Wildman–Crippen MR) is 92.9 cm³/mol. The van der Waals surface area contributed by atoms with Gasteiger partial charge in [0.2, 0.25) is 0 Å². The standard InChI is InChI=1S/C19H19N3O/c23-19(22-12-10-14-5-1-4-8-18(14)22)20-11-9-15-13-21-17-7-3-2-6-16(15)17/h1-8,13,21H,9-12H2,(H,20,23). The number of nitrogens with zero attached hydrogens (tertiary/aromatic N) is 1. The lowest BCUT2D eigenvalue weighted by atomic mass is 10.1. The number of para-hydroxylation sites is 2. The third-order valence-corrected chi connectivity index (χ3v) is 4.48. The molecular formula is C19H19N3O. The first kappa shape index (κ1) is 13.9. The summed E-state index contributed by atoms with van der Waals surface area (Å²) in [5, 5.41) is 4.27. The molecule has 2 N–H and O–H groups in total. The average Bonchev–Trinajstić information content (AvgIpc) is 3.19. The molecule has 0 aliphatic carbocycles. The number of aromatic amines is 1. The van der Waals surface area contributed by atoms with Crippen molar-refractivity contribution in [1.82, 2.24) is 10.3 Å². The van der Waals surface area contributed by atoms with Crippen molar-refractivity contribution < 1.29 is 4.79 Å². The van der Waals surface area contributed by atoms with E-state index in [0.29, 0.717) is 6.54 Å². The van der Waals surface area contributed by atoms with Crippen molar-refractivity contribution in [3.05, 3.63) is 65.9 Å². The Morgan fingerprint density at radius 1 is 1.13 bits per heavy atom. The minimum Gasteiger partial charge on any atom is -0.361 e. The number of hydrogen-bond donors (Lipinski definition) is 2. The van der Waals surface area contributed by atoms with Gasteiger partial charge >= 0.3 is 6.03 Å². The van der Waals surface area contributed by atoms with E-state index in [0.717, 1.165) is 30.6 Å². The lowest BCUT2D eigenvalue weighted by molar-refractivity contribution is 0.247. The number of carbonyl (C=O) groups excluding carboxylic acids is 1. The van der Waals surface area contributed by atoms with E-state index in [1.807, 2.05) is 41.4 Å². The smallest absolute Gasteiger partial charge is 0.321 e. The molecule has 0 bridgehead atoms. The van der Waals surface area contributed by atoms with E-state index in [9.17, 15) is 4.79 Å². The minimum atomic E-state index is -0.00482. The van der Waals surface area contributed by atoms with Gasteiger partial charge in [0.15, 0.2) is 0 Å². The van der Waals surface area contributed by atoms with E-state index in [-0.39, 0.29) is 6.03 Å². The molecule has 0 unspecified atom stereocenters. The molecule has 0 radical (unpaired) electrons. The maximum Gasteiger partial charge on any atom is 0.321 e. The van der Waals surface area contributed by atoms with Crippen LogP contribution in [0.1, 0.15) is 11.1 Å². The van der Waals surface area contributed by atoms with Gasteiger partial charge in [0.05, 0.1) is 0 Å². The topological polar surface area (TPSA) is 48.1 Å². The van der Waals surface area contributed by atoms with Crippen molar-refractivity contribution in [2.45, 2.75) is 12.8 Å². The number of amides is 2.